The van der Waals surface area contributed by atoms with Crippen molar-refractivity contribution in [3.63, 3.8) is 0 Å². The Hall–Kier alpha value is -3.11. The quantitative estimate of drug-likeness (QED) is 0.707. The number of fused-ring (bicyclic) bond motifs is 1. The van der Waals surface area contributed by atoms with E-state index in [1.165, 1.54) is 6.20 Å². The summed E-state index contributed by atoms with van der Waals surface area (Å²) in [6, 6.07) is 9.59. The van der Waals surface area contributed by atoms with E-state index in [1.54, 1.807) is 4.68 Å². The number of hydrogen-bond acceptors (Lipinski definition) is 5. The van der Waals surface area contributed by atoms with Crippen LogP contribution in [0.15, 0.2) is 41.3 Å². The van der Waals surface area contributed by atoms with Gasteiger partial charge in [-0.15, -0.1) is 0 Å². The van der Waals surface area contributed by atoms with E-state index < -0.39 is 0 Å². The van der Waals surface area contributed by atoms with Crippen LogP contribution in [0.1, 0.15) is 19.3 Å². The lowest BCUT2D eigenvalue weighted by molar-refractivity contribution is 0.0525. The molecule has 1 atom stereocenters. The van der Waals surface area contributed by atoms with Gasteiger partial charge >= 0.3 is 0 Å². The molecule has 1 aromatic carbocycles. The Balaban J connectivity index is 1.55. The molecule has 1 aliphatic rings. The molecule has 0 aliphatic carbocycles. The summed E-state index contributed by atoms with van der Waals surface area (Å²) in [5.74, 6) is 6.52. The first-order valence-electron chi connectivity index (χ1n) is 8.68. The van der Waals surface area contributed by atoms with Gasteiger partial charge in [-0.1, -0.05) is 30.0 Å². The third-order valence-electron chi connectivity index (χ3n) is 4.23. The molecule has 1 saturated heterocycles. The Kier molecular flexibility index (Phi) is 4.67. The van der Waals surface area contributed by atoms with Gasteiger partial charge in [0, 0.05) is 6.61 Å². The van der Waals surface area contributed by atoms with Gasteiger partial charge < -0.3 is 10.1 Å². The first-order valence-corrected chi connectivity index (χ1v) is 8.68. The number of para-hydroxylation sites is 1. The summed E-state index contributed by atoms with van der Waals surface area (Å²) in [5, 5.41) is 7.78. The van der Waals surface area contributed by atoms with Crippen molar-refractivity contribution in [3.8, 4) is 17.5 Å². The monoisotopic (exact) mass is 349 g/mol. The Morgan fingerprint density at radius 2 is 2.19 bits per heavy atom. The van der Waals surface area contributed by atoms with Crippen LogP contribution in [-0.4, -0.2) is 39.0 Å². The number of aromatic amines is 1. The number of H-pyrrole nitrogens is 1. The highest BCUT2D eigenvalue weighted by Crippen LogP contribution is 2.14. The fraction of sp³-hybridized carbons (Fsp3) is 0.316. The maximum atomic E-state index is 12.3. The van der Waals surface area contributed by atoms with Crippen LogP contribution in [0, 0.1) is 11.8 Å². The van der Waals surface area contributed by atoms with Crippen LogP contribution in [0.25, 0.3) is 16.7 Å². The molecule has 3 heterocycles. The standard InChI is InChI=1S/C19H19N5O2/c25-18-16-13-21-24(14-7-2-1-3-8-14)17(16)22-19(23-18)20-11-6-10-15-9-4-5-12-26-15/h1-3,7-8,13,15H,4-5,9,11-12H2,(H2,20,22,23,25). The van der Waals surface area contributed by atoms with Gasteiger partial charge in [0.1, 0.15) is 11.5 Å². The average molecular weight is 349 g/mol. The third-order valence-corrected chi connectivity index (χ3v) is 4.23. The average Bonchev–Trinajstić information content (AvgIpc) is 3.11. The smallest absolute Gasteiger partial charge is 0.263 e. The van der Waals surface area contributed by atoms with E-state index >= 15 is 0 Å². The van der Waals surface area contributed by atoms with Crippen molar-refractivity contribution in [2.45, 2.75) is 25.4 Å². The van der Waals surface area contributed by atoms with Crippen molar-refractivity contribution in [1.29, 1.82) is 0 Å². The minimum Gasteiger partial charge on any atom is -0.366 e. The van der Waals surface area contributed by atoms with Crippen LogP contribution in [0.2, 0.25) is 0 Å². The van der Waals surface area contributed by atoms with Gasteiger partial charge in [0.15, 0.2) is 5.65 Å². The van der Waals surface area contributed by atoms with Crippen molar-refractivity contribution in [3.05, 3.63) is 46.9 Å². The second kappa shape index (κ2) is 7.42. The van der Waals surface area contributed by atoms with Crippen molar-refractivity contribution in [2.24, 2.45) is 0 Å². The predicted molar refractivity (Wildman–Crippen MR) is 99.3 cm³/mol. The second-order valence-corrected chi connectivity index (χ2v) is 6.07. The van der Waals surface area contributed by atoms with Gasteiger partial charge in [0.25, 0.3) is 5.56 Å². The van der Waals surface area contributed by atoms with E-state index in [-0.39, 0.29) is 11.7 Å². The summed E-state index contributed by atoms with van der Waals surface area (Å²) in [4.78, 5) is 19.5. The maximum Gasteiger partial charge on any atom is 0.263 e. The molecule has 0 spiro atoms. The number of nitrogens with one attached hydrogen (secondary N) is 2. The van der Waals surface area contributed by atoms with Crippen molar-refractivity contribution in [1.82, 2.24) is 19.7 Å². The molecule has 0 radical (unpaired) electrons. The Labute approximate surface area is 150 Å². The van der Waals surface area contributed by atoms with Crippen LogP contribution in [0.4, 0.5) is 5.95 Å². The van der Waals surface area contributed by atoms with Crippen LogP contribution in [-0.2, 0) is 4.74 Å². The lowest BCUT2D eigenvalue weighted by atomic mass is 10.1. The number of anilines is 1. The summed E-state index contributed by atoms with van der Waals surface area (Å²) in [6.45, 7) is 1.16. The molecule has 1 unspecified atom stereocenters. The topological polar surface area (TPSA) is 84.8 Å². The summed E-state index contributed by atoms with van der Waals surface area (Å²) in [7, 11) is 0. The number of ether oxygens (including phenoxy) is 1. The number of benzene rings is 1. The zero-order chi connectivity index (χ0) is 17.8. The largest absolute Gasteiger partial charge is 0.366 e. The van der Waals surface area contributed by atoms with Crippen LogP contribution in [0.3, 0.4) is 0 Å². The molecule has 1 aliphatic heterocycles. The summed E-state index contributed by atoms with van der Waals surface area (Å²) in [5.41, 5.74) is 1.12. The van der Waals surface area contributed by atoms with Crippen molar-refractivity contribution in [2.75, 3.05) is 18.5 Å². The second-order valence-electron chi connectivity index (χ2n) is 6.07. The van der Waals surface area contributed by atoms with E-state index in [0.717, 1.165) is 31.6 Å². The van der Waals surface area contributed by atoms with E-state index in [4.69, 9.17) is 4.74 Å². The van der Waals surface area contributed by atoms with Crippen molar-refractivity contribution >= 4 is 17.0 Å². The molecule has 7 heteroatoms. The Morgan fingerprint density at radius 3 is 3.00 bits per heavy atom. The molecule has 1 fully saturated rings. The normalized spacial score (nSPS) is 16.8. The van der Waals surface area contributed by atoms with Crippen LogP contribution in [0.5, 0.6) is 0 Å². The predicted octanol–water partition coefficient (Wildman–Crippen LogP) is 2.09. The van der Waals surface area contributed by atoms with Crippen molar-refractivity contribution < 1.29 is 4.74 Å². The van der Waals surface area contributed by atoms with E-state index in [2.05, 4.69) is 32.2 Å². The molecule has 2 aromatic heterocycles. The van der Waals surface area contributed by atoms with Gasteiger partial charge in [-0.3, -0.25) is 9.78 Å². The molecule has 2 N–H and O–H groups in total. The zero-order valence-corrected chi connectivity index (χ0v) is 14.2. The van der Waals surface area contributed by atoms with E-state index in [9.17, 15) is 4.79 Å². The molecular weight excluding hydrogens is 330 g/mol. The van der Waals surface area contributed by atoms with Crippen LogP contribution >= 0.6 is 0 Å². The molecule has 3 aromatic rings. The number of rotatable bonds is 3. The summed E-state index contributed by atoms with van der Waals surface area (Å²) in [6.07, 6.45) is 4.78. The molecule has 0 saturated carbocycles. The summed E-state index contributed by atoms with van der Waals surface area (Å²) < 4.78 is 7.22. The highest BCUT2D eigenvalue weighted by atomic mass is 16.5. The molecule has 0 bridgehead atoms. The molecular formula is C19H19N5O2. The molecule has 26 heavy (non-hydrogen) atoms. The fourth-order valence-corrected chi connectivity index (χ4v) is 2.91. The van der Waals surface area contributed by atoms with Gasteiger partial charge in [-0.05, 0) is 31.4 Å². The number of nitrogens with zero attached hydrogens (tertiary/aromatic N) is 3. The minimum atomic E-state index is -0.233. The van der Waals surface area contributed by atoms with E-state index in [0.29, 0.717) is 23.5 Å². The van der Waals surface area contributed by atoms with Gasteiger partial charge in [0.05, 0.1) is 18.4 Å². The first-order chi connectivity index (χ1) is 12.8. The minimum absolute atomic E-state index is 0.0135. The van der Waals surface area contributed by atoms with Gasteiger partial charge in [0.2, 0.25) is 5.95 Å². The Morgan fingerprint density at radius 1 is 1.31 bits per heavy atom. The van der Waals surface area contributed by atoms with Gasteiger partial charge in [-0.25, -0.2) is 4.68 Å². The zero-order valence-electron chi connectivity index (χ0n) is 14.2. The highest BCUT2D eigenvalue weighted by molar-refractivity contribution is 5.76. The summed E-state index contributed by atoms with van der Waals surface area (Å²) >= 11 is 0. The maximum absolute atomic E-state index is 12.3. The first kappa shape index (κ1) is 16.4. The SMILES string of the molecule is O=c1[nH]c(NCC#CC2CCCCO2)nc2c1cnn2-c1ccccc1. The number of aromatic nitrogens is 4. The molecule has 4 rings (SSSR count). The molecule has 132 valence electrons. The lowest BCUT2D eigenvalue weighted by Crippen LogP contribution is -2.17. The third kappa shape index (κ3) is 3.46. The highest BCUT2D eigenvalue weighted by Gasteiger charge is 2.11. The van der Waals surface area contributed by atoms with Gasteiger partial charge in [-0.2, -0.15) is 10.1 Å². The fourth-order valence-electron chi connectivity index (χ4n) is 2.91. The molecule has 7 nitrogen and oxygen atoms in total. The lowest BCUT2D eigenvalue weighted by Gasteiger charge is -2.17. The molecule has 0 amide bonds. The van der Waals surface area contributed by atoms with Crippen LogP contribution < -0.4 is 10.9 Å². The Bertz CT molecular complexity index is 1010. The number of hydrogen-bond donors (Lipinski definition) is 2. The van der Waals surface area contributed by atoms with E-state index in [1.807, 2.05) is 30.3 Å².